The van der Waals surface area contributed by atoms with Crippen molar-refractivity contribution in [1.82, 2.24) is 24.3 Å². The predicted octanol–water partition coefficient (Wildman–Crippen LogP) is 4.15. The van der Waals surface area contributed by atoms with E-state index in [1.165, 1.54) is 0 Å². The van der Waals surface area contributed by atoms with Crippen molar-refractivity contribution in [2.24, 2.45) is 5.92 Å². The Hall–Kier alpha value is -3.82. The molecule has 3 N–H and O–H groups in total. The van der Waals surface area contributed by atoms with E-state index in [1.807, 2.05) is 49.5 Å². The number of nitrogens with two attached hydrogens (primary N) is 1. The lowest BCUT2D eigenvalue weighted by Gasteiger charge is -2.33. The van der Waals surface area contributed by atoms with Gasteiger partial charge in [0.05, 0.1) is 6.61 Å². The van der Waals surface area contributed by atoms with Crippen LogP contribution in [0.2, 0.25) is 0 Å². The first kappa shape index (κ1) is 24.5. The van der Waals surface area contributed by atoms with Crippen LogP contribution in [-0.2, 0) is 4.74 Å². The highest BCUT2D eigenvalue weighted by Crippen LogP contribution is 2.34. The fourth-order valence-electron chi connectivity index (χ4n) is 5.67. The Bertz CT molecular complexity index is 1440. The largest absolute Gasteiger partial charge is 0.382 e. The normalized spacial score (nSPS) is 20.1. The van der Waals surface area contributed by atoms with Crippen molar-refractivity contribution in [3.8, 4) is 11.3 Å². The highest BCUT2D eigenvalue weighted by Gasteiger charge is 2.29. The maximum atomic E-state index is 12.8. The highest BCUT2D eigenvalue weighted by molar-refractivity contribution is 6.04. The van der Waals surface area contributed by atoms with Gasteiger partial charge in [-0.2, -0.15) is 0 Å². The third-order valence-electron chi connectivity index (χ3n) is 7.60. The number of nitrogens with zero attached hydrogens (tertiary/aromatic N) is 5. The van der Waals surface area contributed by atoms with Crippen LogP contribution in [0.1, 0.15) is 46.9 Å². The van der Waals surface area contributed by atoms with E-state index in [-0.39, 0.29) is 5.91 Å². The van der Waals surface area contributed by atoms with Crippen molar-refractivity contribution in [3.05, 3.63) is 71.9 Å². The summed E-state index contributed by atoms with van der Waals surface area (Å²) in [4.78, 5) is 29.1. The maximum Gasteiger partial charge on any atom is 0.256 e. The molecule has 0 saturated carbocycles. The van der Waals surface area contributed by atoms with Gasteiger partial charge in [-0.25, -0.2) is 15.0 Å². The second-order valence-electron chi connectivity index (χ2n) is 10.4. The minimum atomic E-state index is -0.207. The first-order valence-corrected chi connectivity index (χ1v) is 13.3. The van der Waals surface area contributed by atoms with Gasteiger partial charge in [-0.3, -0.25) is 9.20 Å². The summed E-state index contributed by atoms with van der Waals surface area (Å²) >= 11 is 0. The Labute approximate surface area is 222 Å². The Kier molecular flexibility index (Phi) is 6.78. The average Bonchev–Trinajstić information content (AvgIpc) is 3.58. The topological polar surface area (TPSA) is 111 Å². The van der Waals surface area contributed by atoms with Crippen molar-refractivity contribution >= 4 is 23.1 Å². The molecule has 0 aliphatic carbocycles. The van der Waals surface area contributed by atoms with E-state index < -0.39 is 0 Å². The number of likely N-dealkylation sites (tertiary alicyclic amines) is 1. The number of aryl methyl sites for hydroxylation is 1. The minimum Gasteiger partial charge on any atom is -0.382 e. The summed E-state index contributed by atoms with van der Waals surface area (Å²) in [6.07, 6.45) is 8.75. The summed E-state index contributed by atoms with van der Waals surface area (Å²) in [5, 5.41) is 2.86. The second-order valence-corrected chi connectivity index (χ2v) is 10.4. The van der Waals surface area contributed by atoms with Crippen LogP contribution in [0.3, 0.4) is 0 Å². The number of benzene rings is 1. The predicted molar refractivity (Wildman–Crippen MR) is 147 cm³/mol. The zero-order valence-electron chi connectivity index (χ0n) is 21.6. The van der Waals surface area contributed by atoms with Gasteiger partial charge in [0.15, 0.2) is 0 Å². The van der Waals surface area contributed by atoms with Crippen LogP contribution in [0.5, 0.6) is 0 Å². The molecule has 38 heavy (non-hydrogen) atoms. The van der Waals surface area contributed by atoms with Crippen molar-refractivity contribution in [2.75, 3.05) is 43.9 Å². The number of amides is 1. The van der Waals surface area contributed by atoms with Gasteiger partial charge in [0.25, 0.3) is 5.91 Å². The number of hydrogen-bond acceptors (Lipinski definition) is 7. The number of piperidine rings is 1. The Morgan fingerprint density at radius 3 is 2.82 bits per heavy atom. The highest BCUT2D eigenvalue weighted by atomic mass is 16.5. The molecule has 2 fully saturated rings. The van der Waals surface area contributed by atoms with E-state index in [0.717, 1.165) is 80.3 Å². The monoisotopic (exact) mass is 511 g/mol. The van der Waals surface area contributed by atoms with Crippen molar-refractivity contribution in [2.45, 2.75) is 32.1 Å². The molecule has 1 unspecified atom stereocenters. The summed E-state index contributed by atoms with van der Waals surface area (Å²) in [5.74, 6) is 2.72. The van der Waals surface area contributed by atoms with Crippen LogP contribution in [0.25, 0.3) is 16.8 Å². The SMILES string of the molecule is Cc1ccnc(NC(=O)c2ccc(-c3nc([C@@H]4CCCN(CC5CCOC5)C4)n4ccnc(N)c34)cc2)c1. The number of rotatable bonds is 6. The molecule has 3 aromatic heterocycles. The molecule has 9 nitrogen and oxygen atoms in total. The summed E-state index contributed by atoms with van der Waals surface area (Å²) < 4.78 is 7.70. The minimum absolute atomic E-state index is 0.207. The molecular formula is C29H33N7O2. The van der Waals surface area contributed by atoms with Crippen LogP contribution in [0, 0.1) is 12.8 Å². The Balaban J connectivity index is 1.26. The standard InChI is InChI=1S/C29H33N7O2/c1-19-8-10-31-24(15-19)33-29(37)22-6-4-21(5-7-22)25-26-27(30)32-11-13-36(26)28(34-25)23-3-2-12-35(17-23)16-20-9-14-38-18-20/h4-8,10-11,13,15,20,23H,2-3,9,12,14,16-18H2,1H3,(H2,30,32)(H,31,33,37)/t20?,23-/m1/s1. The third kappa shape index (κ3) is 4.99. The molecule has 1 amide bonds. The number of ether oxygens (including phenoxy) is 1. The van der Waals surface area contributed by atoms with Gasteiger partial charge >= 0.3 is 0 Å². The molecule has 0 bridgehead atoms. The number of nitrogens with one attached hydrogen (secondary N) is 1. The average molecular weight is 512 g/mol. The number of carbonyl (C=O) groups is 1. The lowest BCUT2D eigenvalue weighted by molar-refractivity contribution is 0.102. The molecule has 0 spiro atoms. The number of imidazole rings is 1. The van der Waals surface area contributed by atoms with E-state index in [9.17, 15) is 4.79 Å². The summed E-state index contributed by atoms with van der Waals surface area (Å²) in [5.41, 5.74) is 10.5. The molecule has 2 aliphatic rings. The Morgan fingerprint density at radius 1 is 1.16 bits per heavy atom. The van der Waals surface area contributed by atoms with E-state index in [4.69, 9.17) is 15.5 Å². The van der Waals surface area contributed by atoms with Gasteiger partial charge in [-0.15, -0.1) is 0 Å². The van der Waals surface area contributed by atoms with Gasteiger partial charge in [0.1, 0.15) is 28.7 Å². The van der Waals surface area contributed by atoms with Crippen LogP contribution in [-0.4, -0.2) is 63.0 Å². The summed E-state index contributed by atoms with van der Waals surface area (Å²) in [7, 11) is 0. The second kappa shape index (κ2) is 10.5. The molecule has 2 aliphatic heterocycles. The smallest absolute Gasteiger partial charge is 0.256 e. The Morgan fingerprint density at radius 2 is 2.03 bits per heavy atom. The summed E-state index contributed by atoms with van der Waals surface area (Å²) in [6, 6.07) is 11.2. The lowest BCUT2D eigenvalue weighted by atomic mass is 9.96. The van der Waals surface area contributed by atoms with Gasteiger partial charge in [0.2, 0.25) is 0 Å². The van der Waals surface area contributed by atoms with Crippen LogP contribution in [0.15, 0.2) is 55.0 Å². The number of nitrogen functional groups attached to an aromatic ring is 1. The number of carbonyl (C=O) groups excluding carboxylic acids is 1. The van der Waals surface area contributed by atoms with E-state index in [2.05, 4.69) is 24.6 Å². The molecule has 9 heteroatoms. The number of hydrogen-bond donors (Lipinski definition) is 2. The van der Waals surface area contributed by atoms with Crippen LogP contribution < -0.4 is 11.1 Å². The molecule has 2 saturated heterocycles. The molecular weight excluding hydrogens is 478 g/mol. The quantitative estimate of drug-likeness (QED) is 0.400. The molecule has 1 aromatic carbocycles. The fourth-order valence-corrected chi connectivity index (χ4v) is 5.67. The lowest BCUT2D eigenvalue weighted by Crippen LogP contribution is -2.38. The van der Waals surface area contributed by atoms with E-state index in [0.29, 0.717) is 29.0 Å². The number of pyridine rings is 1. The zero-order chi connectivity index (χ0) is 26.1. The first-order chi connectivity index (χ1) is 18.5. The van der Waals surface area contributed by atoms with Crippen LogP contribution >= 0.6 is 0 Å². The van der Waals surface area contributed by atoms with Gasteiger partial charge in [-0.05, 0) is 68.5 Å². The van der Waals surface area contributed by atoms with Gasteiger partial charge in [0, 0.05) is 55.3 Å². The fraction of sp³-hybridized carbons (Fsp3) is 0.379. The number of fused-ring (bicyclic) bond motifs is 1. The van der Waals surface area contributed by atoms with Crippen molar-refractivity contribution in [1.29, 1.82) is 0 Å². The number of aromatic nitrogens is 4. The van der Waals surface area contributed by atoms with Crippen molar-refractivity contribution < 1.29 is 9.53 Å². The van der Waals surface area contributed by atoms with Gasteiger partial charge in [-0.1, -0.05) is 12.1 Å². The van der Waals surface area contributed by atoms with Gasteiger partial charge < -0.3 is 20.7 Å². The molecule has 2 atom stereocenters. The van der Waals surface area contributed by atoms with Crippen LogP contribution in [0.4, 0.5) is 11.6 Å². The molecule has 4 aromatic rings. The zero-order valence-corrected chi connectivity index (χ0v) is 21.6. The van der Waals surface area contributed by atoms with E-state index in [1.54, 1.807) is 12.4 Å². The number of anilines is 2. The van der Waals surface area contributed by atoms with E-state index >= 15 is 0 Å². The first-order valence-electron chi connectivity index (χ1n) is 13.3. The van der Waals surface area contributed by atoms with Crippen molar-refractivity contribution in [3.63, 3.8) is 0 Å². The third-order valence-corrected chi connectivity index (χ3v) is 7.60. The molecule has 5 heterocycles. The summed E-state index contributed by atoms with van der Waals surface area (Å²) in [6.45, 7) is 6.89. The molecule has 0 radical (unpaired) electrons. The maximum absolute atomic E-state index is 12.8. The molecule has 6 rings (SSSR count). The molecule has 196 valence electrons.